The molecule has 0 unspecified atom stereocenters. The number of halogens is 1. The number of rotatable bonds is 5. The third-order valence-electron chi connectivity index (χ3n) is 4.86. The molecular weight excluding hydrogens is 454 g/mol. The van der Waals surface area contributed by atoms with Crippen LogP contribution in [0.25, 0.3) is 10.8 Å². The summed E-state index contributed by atoms with van der Waals surface area (Å²) in [5, 5.41) is 9.89. The van der Waals surface area contributed by atoms with Crippen LogP contribution in [0.3, 0.4) is 0 Å². The summed E-state index contributed by atoms with van der Waals surface area (Å²) in [5.74, 6) is -0.183. The second-order valence-corrected chi connectivity index (χ2v) is 8.08. The Labute approximate surface area is 202 Å². The number of carbonyl (C=O) groups excluding carboxylic acids is 1. The molecule has 0 spiro atoms. The van der Waals surface area contributed by atoms with Gasteiger partial charge in [-0.25, -0.2) is 4.79 Å². The fraction of sp³-hybridized carbons (Fsp3) is 0.0385. The Morgan fingerprint density at radius 3 is 2.61 bits per heavy atom. The normalized spacial score (nSPS) is 10.8. The monoisotopic (exact) mass is 473 g/mol. The molecule has 0 saturated carbocycles. The second kappa shape index (κ2) is 10.3. The van der Waals surface area contributed by atoms with Crippen LogP contribution in [0.15, 0.2) is 90.0 Å². The molecule has 5 nitrogen and oxygen atoms in total. The van der Waals surface area contributed by atoms with E-state index in [1.54, 1.807) is 36.5 Å². The van der Waals surface area contributed by atoms with E-state index in [-0.39, 0.29) is 5.56 Å². The van der Waals surface area contributed by atoms with Crippen LogP contribution in [0.4, 0.5) is 5.69 Å². The van der Waals surface area contributed by atoms with Crippen molar-refractivity contribution in [2.24, 2.45) is 5.10 Å². The highest BCUT2D eigenvalue weighted by Crippen LogP contribution is 2.28. The molecule has 4 aromatic rings. The zero-order valence-electron chi connectivity index (χ0n) is 17.7. The van der Waals surface area contributed by atoms with Gasteiger partial charge in [-0.1, -0.05) is 66.2 Å². The van der Waals surface area contributed by atoms with Gasteiger partial charge in [-0.05, 0) is 65.8 Å². The number of ether oxygens (including phenoxy) is 1. The summed E-state index contributed by atoms with van der Waals surface area (Å²) in [7, 11) is 0. The van der Waals surface area contributed by atoms with Crippen LogP contribution in [-0.2, 0) is 0 Å². The van der Waals surface area contributed by atoms with E-state index in [0.717, 1.165) is 22.0 Å². The lowest BCUT2D eigenvalue weighted by molar-refractivity contribution is 0.0735. The topological polar surface area (TPSA) is 62.7 Å². The fourth-order valence-electron chi connectivity index (χ4n) is 3.32. The predicted molar refractivity (Wildman–Crippen MR) is 138 cm³/mol. The van der Waals surface area contributed by atoms with E-state index in [4.69, 9.17) is 28.6 Å². The number of carbonyl (C=O) groups is 1. The van der Waals surface area contributed by atoms with Crippen LogP contribution >= 0.6 is 23.8 Å². The fourth-order valence-corrected chi connectivity index (χ4v) is 3.70. The number of hydrogen-bond donors (Lipinski definition) is 2. The van der Waals surface area contributed by atoms with Crippen LogP contribution in [0.2, 0.25) is 5.02 Å². The van der Waals surface area contributed by atoms with Gasteiger partial charge in [0.25, 0.3) is 0 Å². The molecule has 0 saturated heterocycles. The van der Waals surface area contributed by atoms with Crippen LogP contribution in [-0.4, -0.2) is 17.3 Å². The summed E-state index contributed by atoms with van der Waals surface area (Å²) >= 11 is 11.5. The van der Waals surface area contributed by atoms with Gasteiger partial charge in [0.1, 0.15) is 5.75 Å². The number of thiocarbonyl (C=S) groups is 1. The molecule has 0 aromatic heterocycles. The van der Waals surface area contributed by atoms with Gasteiger partial charge in [-0.3, -0.25) is 5.43 Å². The van der Waals surface area contributed by atoms with Crippen molar-refractivity contribution in [3.8, 4) is 5.75 Å². The van der Waals surface area contributed by atoms with E-state index in [1.165, 1.54) is 0 Å². The lowest BCUT2D eigenvalue weighted by Crippen LogP contribution is -2.23. The number of nitrogens with one attached hydrogen (secondary N) is 2. The van der Waals surface area contributed by atoms with Crippen molar-refractivity contribution in [3.63, 3.8) is 0 Å². The highest BCUT2D eigenvalue weighted by molar-refractivity contribution is 7.80. The Bertz CT molecular complexity index is 1370. The van der Waals surface area contributed by atoms with Gasteiger partial charge >= 0.3 is 5.97 Å². The van der Waals surface area contributed by atoms with Crippen LogP contribution in [0, 0.1) is 6.92 Å². The number of hydrazone groups is 1. The van der Waals surface area contributed by atoms with Crippen molar-refractivity contribution in [2.75, 3.05) is 5.32 Å². The molecule has 4 rings (SSSR count). The molecule has 33 heavy (non-hydrogen) atoms. The standard InChI is InChI=1S/C26H20ClN3O2S/c1-17-7-6-9-19(15-17)29-26(33)30-28-16-22-20-10-3-2-8-18(20)13-14-24(22)32-25(31)21-11-4-5-12-23(21)27/h2-16H,1H3,(H2,29,30,33)/b28-16+. The van der Waals surface area contributed by atoms with Crippen LogP contribution in [0.1, 0.15) is 21.5 Å². The summed E-state index contributed by atoms with van der Waals surface area (Å²) in [6, 6.07) is 26.0. The van der Waals surface area contributed by atoms with E-state index in [9.17, 15) is 4.79 Å². The van der Waals surface area contributed by atoms with Crippen LogP contribution in [0.5, 0.6) is 5.75 Å². The van der Waals surface area contributed by atoms with Crippen molar-refractivity contribution in [1.29, 1.82) is 0 Å². The van der Waals surface area contributed by atoms with Gasteiger partial charge in [0.2, 0.25) is 0 Å². The summed E-state index contributed by atoms with van der Waals surface area (Å²) in [4.78, 5) is 12.7. The maximum atomic E-state index is 12.7. The minimum atomic E-state index is -0.546. The zero-order valence-corrected chi connectivity index (χ0v) is 19.3. The first-order valence-corrected chi connectivity index (χ1v) is 10.9. The zero-order chi connectivity index (χ0) is 23.2. The van der Waals surface area contributed by atoms with E-state index in [0.29, 0.717) is 21.4 Å². The minimum Gasteiger partial charge on any atom is -0.422 e. The maximum Gasteiger partial charge on any atom is 0.345 e. The lowest BCUT2D eigenvalue weighted by atomic mass is 10.0. The van der Waals surface area contributed by atoms with Crippen LogP contribution < -0.4 is 15.5 Å². The molecule has 0 atom stereocenters. The first-order valence-electron chi connectivity index (χ1n) is 10.2. The smallest absolute Gasteiger partial charge is 0.345 e. The highest BCUT2D eigenvalue weighted by Gasteiger charge is 2.15. The van der Waals surface area contributed by atoms with Crippen molar-refractivity contribution in [3.05, 3.63) is 107 Å². The van der Waals surface area contributed by atoms with Gasteiger partial charge in [-0.2, -0.15) is 5.10 Å². The van der Waals surface area contributed by atoms with Gasteiger partial charge in [0.15, 0.2) is 5.11 Å². The molecule has 0 amide bonds. The number of aryl methyl sites for hydroxylation is 1. The van der Waals surface area contributed by atoms with E-state index >= 15 is 0 Å². The van der Waals surface area contributed by atoms with Gasteiger partial charge in [-0.15, -0.1) is 0 Å². The Morgan fingerprint density at radius 2 is 1.79 bits per heavy atom. The SMILES string of the molecule is Cc1cccc(NC(=S)N/N=C/c2c(OC(=O)c3ccccc3Cl)ccc3ccccc23)c1. The third-order valence-corrected chi connectivity index (χ3v) is 5.39. The van der Waals surface area contributed by atoms with Crippen molar-refractivity contribution < 1.29 is 9.53 Å². The lowest BCUT2D eigenvalue weighted by Gasteiger charge is -2.11. The molecule has 4 aromatic carbocycles. The Balaban J connectivity index is 1.58. The summed E-state index contributed by atoms with van der Waals surface area (Å²) in [6.45, 7) is 2.01. The Kier molecular flexibility index (Phi) is 6.98. The molecule has 0 bridgehead atoms. The summed E-state index contributed by atoms with van der Waals surface area (Å²) in [5.41, 5.74) is 5.72. The quantitative estimate of drug-likeness (QED) is 0.116. The van der Waals surface area contributed by atoms with Crippen molar-refractivity contribution >= 4 is 57.6 Å². The molecular formula is C26H20ClN3O2S. The van der Waals surface area contributed by atoms with Gasteiger partial charge in [0.05, 0.1) is 16.8 Å². The summed E-state index contributed by atoms with van der Waals surface area (Å²) in [6.07, 6.45) is 1.59. The van der Waals surface area contributed by atoms with E-state index < -0.39 is 5.97 Å². The van der Waals surface area contributed by atoms with Gasteiger partial charge in [0, 0.05) is 11.3 Å². The first kappa shape index (κ1) is 22.5. The van der Waals surface area contributed by atoms with Crippen molar-refractivity contribution in [1.82, 2.24) is 5.43 Å². The molecule has 0 radical (unpaired) electrons. The van der Waals surface area contributed by atoms with E-state index in [2.05, 4.69) is 15.8 Å². The number of esters is 1. The Hall–Kier alpha value is -3.74. The highest BCUT2D eigenvalue weighted by atomic mass is 35.5. The molecule has 2 N–H and O–H groups in total. The number of hydrogen-bond acceptors (Lipinski definition) is 4. The van der Waals surface area contributed by atoms with Gasteiger partial charge < -0.3 is 10.1 Å². The number of fused-ring (bicyclic) bond motifs is 1. The maximum absolute atomic E-state index is 12.7. The third kappa shape index (κ3) is 5.55. The second-order valence-electron chi connectivity index (χ2n) is 7.26. The van der Waals surface area contributed by atoms with E-state index in [1.807, 2.05) is 61.5 Å². The predicted octanol–water partition coefficient (Wildman–Crippen LogP) is 6.34. The molecule has 164 valence electrons. The number of nitrogens with zero attached hydrogens (tertiary/aromatic N) is 1. The average Bonchev–Trinajstić information content (AvgIpc) is 2.80. The summed E-state index contributed by atoms with van der Waals surface area (Å²) < 4.78 is 5.70. The largest absolute Gasteiger partial charge is 0.422 e. The average molecular weight is 474 g/mol. The van der Waals surface area contributed by atoms with Crippen molar-refractivity contribution in [2.45, 2.75) is 6.92 Å². The number of anilines is 1. The Morgan fingerprint density at radius 1 is 1.00 bits per heavy atom. The molecule has 0 heterocycles. The molecule has 0 aliphatic heterocycles. The molecule has 7 heteroatoms. The number of benzene rings is 4. The molecule has 0 aliphatic rings. The molecule has 0 fully saturated rings. The molecule has 0 aliphatic carbocycles. The minimum absolute atomic E-state index is 0.289. The first-order chi connectivity index (χ1) is 16.0.